The van der Waals surface area contributed by atoms with Gasteiger partial charge in [-0.25, -0.2) is 4.90 Å². The molecule has 0 aromatic heterocycles. The molecular formula is C16H17NO3. The van der Waals surface area contributed by atoms with Gasteiger partial charge in [-0.15, -0.1) is 0 Å². The summed E-state index contributed by atoms with van der Waals surface area (Å²) < 4.78 is 0. The molecule has 4 heteroatoms. The Morgan fingerprint density at radius 2 is 1.80 bits per heavy atom. The molecule has 2 amide bonds. The molecule has 1 saturated carbocycles. The Hall–Kier alpha value is -1.97. The smallest absolute Gasteiger partial charge is 0.240 e. The first kappa shape index (κ1) is 13.0. The molecule has 3 rings (SSSR count). The van der Waals surface area contributed by atoms with Crippen LogP contribution in [0.1, 0.15) is 49.4 Å². The molecule has 1 aromatic rings. The average Bonchev–Trinajstić information content (AvgIpc) is 2.97. The topological polar surface area (TPSA) is 54.5 Å². The Balaban J connectivity index is 2.05. The van der Waals surface area contributed by atoms with Crippen LogP contribution in [0.2, 0.25) is 0 Å². The first-order valence-corrected chi connectivity index (χ1v) is 7.02. The first-order chi connectivity index (χ1) is 9.55. The number of imide groups is 1. The van der Waals surface area contributed by atoms with Gasteiger partial charge in [-0.1, -0.05) is 25.0 Å². The van der Waals surface area contributed by atoms with Gasteiger partial charge in [-0.3, -0.25) is 14.4 Å². The highest BCUT2D eigenvalue weighted by molar-refractivity contribution is 6.24. The van der Waals surface area contributed by atoms with Crippen molar-refractivity contribution in [2.24, 2.45) is 5.41 Å². The molecule has 2 fully saturated rings. The second-order valence-electron chi connectivity index (χ2n) is 5.77. The number of hydrogen-bond acceptors (Lipinski definition) is 3. The highest BCUT2D eigenvalue weighted by Gasteiger charge is 2.53. The van der Waals surface area contributed by atoms with E-state index in [4.69, 9.17) is 0 Å². The van der Waals surface area contributed by atoms with Crippen LogP contribution in [0, 0.1) is 5.41 Å². The molecule has 104 valence electrons. The maximum absolute atomic E-state index is 12.7. The van der Waals surface area contributed by atoms with Gasteiger partial charge in [0.05, 0.1) is 11.1 Å². The molecule has 0 atom stereocenters. The van der Waals surface area contributed by atoms with Crippen molar-refractivity contribution in [3.05, 3.63) is 29.8 Å². The predicted molar refractivity (Wildman–Crippen MR) is 74.5 cm³/mol. The van der Waals surface area contributed by atoms with Crippen molar-refractivity contribution in [2.75, 3.05) is 4.90 Å². The number of carbonyl (C=O) groups is 3. The summed E-state index contributed by atoms with van der Waals surface area (Å²) in [7, 11) is 0. The summed E-state index contributed by atoms with van der Waals surface area (Å²) in [6.45, 7) is 1.45. The van der Waals surface area contributed by atoms with Crippen molar-refractivity contribution in [2.45, 2.75) is 39.0 Å². The van der Waals surface area contributed by atoms with Crippen molar-refractivity contribution in [1.82, 2.24) is 0 Å². The SMILES string of the molecule is CC(=O)c1ccccc1N1C(=O)CC2(CCCC2)C1=O. The van der Waals surface area contributed by atoms with Gasteiger partial charge in [0.25, 0.3) is 0 Å². The Morgan fingerprint density at radius 1 is 1.15 bits per heavy atom. The van der Waals surface area contributed by atoms with E-state index in [2.05, 4.69) is 0 Å². The molecule has 1 saturated heterocycles. The summed E-state index contributed by atoms with van der Waals surface area (Å²) in [5.74, 6) is -0.423. The lowest BCUT2D eigenvalue weighted by molar-refractivity contribution is -0.125. The number of rotatable bonds is 2. The average molecular weight is 271 g/mol. The van der Waals surface area contributed by atoms with Crippen LogP contribution in [0.4, 0.5) is 5.69 Å². The van der Waals surface area contributed by atoms with Gasteiger partial charge in [-0.05, 0) is 31.9 Å². The van der Waals surface area contributed by atoms with E-state index in [1.165, 1.54) is 11.8 Å². The third kappa shape index (κ3) is 1.79. The van der Waals surface area contributed by atoms with E-state index < -0.39 is 5.41 Å². The molecule has 0 unspecified atom stereocenters. The van der Waals surface area contributed by atoms with Crippen LogP contribution in [0.15, 0.2) is 24.3 Å². The number of Topliss-reactive ketones (excluding diaryl/α,β-unsaturated/α-hetero) is 1. The number of ketones is 1. The third-order valence-electron chi connectivity index (χ3n) is 4.48. The monoisotopic (exact) mass is 271 g/mol. The van der Waals surface area contributed by atoms with E-state index in [1.54, 1.807) is 24.3 Å². The Kier molecular flexibility index (Phi) is 2.96. The highest BCUT2D eigenvalue weighted by atomic mass is 16.2. The number of benzene rings is 1. The van der Waals surface area contributed by atoms with Gasteiger partial charge < -0.3 is 0 Å². The highest BCUT2D eigenvalue weighted by Crippen LogP contribution is 2.48. The van der Waals surface area contributed by atoms with Crippen molar-refractivity contribution >= 4 is 23.3 Å². The van der Waals surface area contributed by atoms with Crippen LogP contribution < -0.4 is 4.90 Å². The maximum atomic E-state index is 12.7. The molecule has 1 heterocycles. The summed E-state index contributed by atoms with van der Waals surface area (Å²) >= 11 is 0. The largest absolute Gasteiger partial charge is 0.294 e. The summed E-state index contributed by atoms with van der Waals surface area (Å²) in [4.78, 5) is 38.0. The van der Waals surface area contributed by atoms with Gasteiger partial charge in [0, 0.05) is 12.0 Å². The van der Waals surface area contributed by atoms with E-state index >= 15 is 0 Å². The second-order valence-corrected chi connectivity index (χ2v) is 5.77. The van der Waals surface area contributed by atoms with Crippen molar-refractivity contribution < 1.29 is 14.4 Å². The minimum atomic E-state index is -0.499. The van der Waals surface area contributed by atoms with E-state index in [9.17, 15) is 14.4 Å². The lowest BCUT2D eigenvalue weighted by atomic mass is 9.84. The molecule has 2 aliphatic rings. The zero-order chi connectivity index (χ0) is 14.3. The Labute approximate surface area is 117 Å². The molecule has 0 bridgehead atoms. The minimum absolute atomic E-state index is 0.117. The van der Waals surface area contributed by atoms with Gasteiger partial charge in [-0.2, -0.15) is 0 Å². The fourth-order valence-corrected chi connectivity index (χ4v) is 3.45. The summed E-state index contributed by atoms with van der Waals surface area (Å²) in [6.07, 6.45) is 3.87. The third-order valence-corrected chi connectivity index (χ3v) is 4.48. The van der Waals surface area contributed by atoms with E-state index in [1.807, 2.05) is 0 Å². The fourth-order valence-electron chi connectivity index (χ4n) is 3.45. The van der Waals surface area contributed by atoms with Crippen LogP contribution in [-0.4, -0.2) is 17.6 Å². The van der Waals surface area contributed by atoms with Gasteiger partial charge in [0.1, 0.15) is 0 Å². The van der Waals surface area contributed by atoms with E-state index in [-0.39, 0.29) is 24.0 Å². The molecular weight excluding hydrogens is 254 g/mol. The first-order valence-electron chi connectivity index (χ1n) is 7.02. The molecule has 0 N–H and O–H groups in total. The molecule has 20 heavy (non-hydrogen) atoms. The summed E-state index contributed by atoms with van der Waals surface area (Å²) in [6, 6.07) is 6.84. The zero-order valence-electron chi connectivity index (χ0n) is 11.5. The van der Waals surface area contributed by atoms with E-state index in [0.29, 0.717) is 11.3 Å². The van der Waals surface area contributed by atoms with Gasteiger partial charge in [0.15, 0.2) is 5.78 Å². The standard InChI is InChI=1S/C16H17NO3/c1-11(18)12-6-2-3-7-13(12)17-14(19)10-16(15(17)20)8-4-5-9-16/h2-3,6-7H,4-5,8-10H2,1H3. The number of anilines is 1. The fraction of sp³-hybridized carbons (Fsp3) is 0.438. The van der Waals surface area contributed by atoms with Crippen LogP contribution in [0.3, 0.4) is 0 Å². The molecule has 4 nitrogen and oxygen atoms in total. The number of amides is 2. The van der Waals surface area contributed by atoms with Gasteiger partial charge >= 0.3 is 0 Å². The number of carbonyl (C=O) groups excluding carboxylic acids is 3. The second kappa shape index (κ2) is 4.54. The van der Waals surface area contributed by atoms with Crippen molar-refractivity contribution in [3.8, 4) is 0 Å². The van der Waals surface area contributed by atoms with Gasteiger partial charge in [0.2, 0.25) is 11.8 Å². The number of nitrogens with zero attached hydrogens (tertiary/aromatic N) is 1. The van der Waals surface area contributed by atoms with Crippen molar-refractivity contribution in [1.29, 1.82) is 0 Å². The lowest BCUT2D eigenvalue weighted by Crippen LogP contribution is -2.35. The summed E-state index contributed by atoms with van der Waals surface area (Å²) in [5, 5.41) is 0. The van der Waals surface area contributed by atoms with Crippen LogP contribution in [-0.2, 0) is 9.59 Å². The normalized spacial score (nSPS) is 20.9. The Bertz CT molecular complexity index is 599. The zero-order valence-corrected chi connectivity index (χ0v) is 11.5. The minimum Gasteiger partial charge on any atom is -0.294 e. The molecule has 1 aliphatic carbocycles. The molecule has 1 aliphatic heterocycles. The molecule has 0 radical (unpaired) electrons. The summed E-state index contributed by atoms with van der Waals surface area (Å²) in [5.41, 5.74) is 0.379. The maximum Gasteiger partial charge on any atom is 0.240 e. The Morgan fingerprint density at radius 3 is 2.45 bits per heavy atom. The van der Waals surface area contributed by atoms with Crippen LogP contribution in [0.5, 0.6) is 0 Å². The number of para-hydroxylation sites is 1. The molecule has 1 aromatic carbocycles. The predicted octanol–water partition coefficient (Wildman–Crippen LogP) is 2.71. The lowest BCUT2D eigenvalue weighted by Gasteiger charge is -2.22. The van der Waals surface area contributed by atoms with Crippen LogP contribution >= 0.6 is 0 Å². The van der Waals surface area contributed by atoms with Crippen LogP contribution in [0.25, 0.3) is 0 Å². The quantitative estimate of drug-likeness (QED) is 0.614. The number of hydrogen-bond donors (Lipinski definition) is 0. The molecule has 1 spiro atoms. The van der Waals surface area contributed by atoms with E-state index in [0.717, 1.165) is 25.7 Å². The van der Waals surface area contributed by atoms with Crippen molar-refractivity contribution in [3.63, 3.8) is 0 Å².